The van der Waals surface area contributed by atoms with E-state index in [0.29, 0.717) is 5.56 Å². The maximum Gasteiger partial charge on any atom is 0.251 e. The van der Waals surface area contributed by atoms with Crippen LogP contribution >= 0.6 is 0 Å². The lowest BCUT2D eigenvalue weighted by atomic mass is 10.1. The van der Waals surface area contributed by atoms with Crippen LogP contribution in [0.2, 0.25) is 0 Å². The Kier molecular flexibility index (Phi) is 4.02. The van der Waals surface area contributed by atoms with E-state index in [1.807, 2.05) is 56.6 Å². The molecule has 1 heterocycles. The third-order valence-corrected chi connectivity index (χ3v) is 3.88. The Hall–Kier alpha value is -2.82. The molecule has 1 aromatic heterocycles. The summed E-state index contributed by atoms with van der Waals surface area (Å²) in [6.07, 6.45) is 3.66. The van der Waals surface area contributed by atoms with Crippen molar-refractivity contribution in [1.29, 1.82) is 0 Å². The summed E-state index contributed by atoms with van der Waals surface area (Å²) in [5.41, 5.74) is 1.62. The number of aryl methyl sites for hydroxylation is 1. The van der Waals surface area contributed by atoms with Crippen LogP contribution in [0, 0.1) is 0 Å². The fourth-order valence-electron chi connectivity index (χ4n) is 2.52. The van der Waals surface area contributed by atoms with E-state index in [9.17, 15) is 4.79 Å². The molecule has 1 N–H and O–H groups in total. The first-order valence-electron chi connectivity index (χ1n) is 7.44. The Morgan fingerprint density at radius 1 is 1.22 bits per heavy atom. The number of hydrogen-bond donors (Lipinski definition) is 1. The van der Waals surface area contributed by atoms with Crippen molar-refractivity contribution in [2.24, 2.45) is 7.05 Å². The molecule has 3 rings (SSSR count). The van der Waals surface area contributed by atoms with E-state index in [-0.39, 0.29) is 11.9 Å². The lowest BCUT2D eigenvalue weighted by Gasteiger charge is -2.12. The van der Waals surface area contributed by atoms with Crippen molar-refractivity contribution >= 4 is 16.7 Å². The molecule has 23 heavy (non-hydrogen) atoms. The van der Waals surface area contributed by atoms with Gasteiger partial charge in [-0.2, -0.15) is 5.10 Å². The summed E-state index contributed by atoms with van der Waals surface area (Å²) in [6, 6.07) is 11.4. The largest absolute Gasteiger partial charge is 0.497 e. The second-order valence-corrected chi connectivity index (χ2v) is 5.57. The lowest BCUT2D eigenvalue weighted by Crippen LogP contribution is -2.26. The van der Waals surface area contributed by atoms with Crippen LogP contribution in [-0.4, -0.2) is 22.8 Å². The van der Waals surface area contributed by atoms with Crippen LogP contribution in [0.4, 0.5) is 0 Å². The third kappa shape index (κ3) is 3.18. The number of benzene rings is 2. The lowest BCUT2D eigenvalue weighted by molar-refractivity contribution is 0.0940. The van der Waals surface area contributed by atoms with E-state index in [1.165, 1.54) is 0 Å². The molecule has 0 saturated carbocycles. The molecule has 0 fully saturated rings. The van der Waals surface area contributed by atoms with Gasteiger partial charge in [0.2, 0.25) is 0 Å². The number of methoxy groups -OCH3 is 1. The molecule has 0 aliphatic heterocycles. The van der Waals surface area contributed by atoms with Crippen molar-refractivity contribution < 1.29 is 9.53 Å². The molecule has 5 heteroatoms. The van der Waals surface area contributed by atoms with Crippen molar-refractivity contribution in [1.82, 2.24) is 15.1 Å². The zero-order chi connectivity index (χ0) is 16.4. The molecule has 0 aliphatic rings. The van der Waals surface area contributed by atoms with Crippen molar-refractivity contribution in [3.8, 4) is 5.75 Å². The maximum atomic E-state index is 12.4. The summed E-state index contributed by atoms with van der Waals surface area (Å²) in [6.45, 7) is 1.95. The SMILES string of the molecule is COc1ccc2cc(C(=O)NC(C)c3cnn(C)c3)ccc2c1. The average molecular weight is 309 g/mol. The van der Waals surface area contributed by atoms with Gasteiger partial charge in [-0.15, -0.1) is 0 Å². The molecule has 118 valence electrons. The number of rotatable bonds is 4. The first-order chi connectivity index (χ1) is 11.1. The summed E-state index contributed by atoms with van der Waals surface area (Å²) >= 11 is 0. The molecule has 1 amide bonds. The highest BCUT2D eigenvalue weighted by molar-refractivity contribution is 5.99. The Morgan fingerprint density at radius 2 is 1.96 bits per heavy atom. The van der Waals surface area contributed by atoms with Crippen LogP contribution in [0.1, 0.15) is 28.9 Å². The van der Waals surface area contributed by atoms with Gasteiger partial charge in [0, 0.05) is 24.4 Å². The molecule has 1 atom stereocenters. The molecular weight excluding hydrogens is 290 g/mol. The van der Waals surface area contributed by atoms with Gasteiger partial charge in [-0.1, -0.05) is 12.1 Å². The second kappa shape index (κ2) is 6.12. The first kappa shape index (κ1) is 15.1. The molecule has 0 aliphatic carbocycles. The van der Waals surface area contributed by atoms with Gasteiger partial charge < -0.3 is 10.1 Å². The smallest absolute Gasteiger partial charge is 0.251 e. The summed E-state index contributed by atoms with van der Waals surface area (Å²) in [4.78, 5) is 12.4. The van der Waals surface area contributed by atoms with Crippen molar-refractivity contribution in [2.75, 3.05) is 7.11 Å². The van der Waals surface area contributed by atoms with Crippen molar-refractivity contribution in [2.45, 2.75) is 13.0 Å². The quantitative estimate of drug-likeness (QED) is 0.806. The van der Waals surface area contributed by atoms with Gasteiger partial charge in [-0.3, -0.25) is 9.48 Å². The van der Waals surface area contributed by atoms with E-state index in [4.69, 9.17) is 4.74 Å². The maximum absolute atomic E-state index is 12.4. The van der Waals surface area contributed by atoms with Crippen LogP contribution in [-0.2, 0) is 7.05 Å². The van der Waals surface area contributed by atoms with Gasteiger partial charge in [0.25, 0.3) is 5.91 Å². The minimum atomic E-state index is -0.0981. The highest BCUT2D eigenvalue weighted by atomic mass is 16.5. The second-order valence-electron chi connectivity index (χ2n) is 5.57. The molecular formula is C18H19N3O2. The summed E-state index contributed by atoms with van der Waals surface area (Å²) in [5, 5.41) is 9.17. The zero-order valence-corrected chi connectivity index (χ0v) is 13.4. The van der Waals surface area contributed by atoms with Gasteiger partial charge in [0.15, 0.2) is 0 Å². The van der Waals surface area contributed by atoms with Crippen LogP contribution in [0.25, 0.3) is 10.8 Å². The predicted octanol–water partition coefficient (Wildman–Crippen LogP) is 3.07. The number of hydrogen-bond acceptors (Lipinski definition) is 3. The molecule has 3 aromatic rings. The average Bonchev–Trinajstić information content (AvgIpc) is 3.00. The highest BCUT2D eigenvalue weighted by Crippen LogP contribution is 2.22. The topological polar surface area (TPSA) is 56.1 Å². The van der Waals surface area contributed by atoms with Gasteiger partial charge in [-0.25, -0.2) is 0 Å². The number of amides is 1. The zero-order valence-electron chi connectivity index (χ0n) is 13.4. The van der Waals surface area contributed by atoms with Gasteiger partial charge >= 0.3 is 0 Å². The van der Waals surface area contributed by atoms with Crippen molar-refractivity contribution in [3.05, 3.63) is 59.9 Å². The molecule has 5 nitrogen and oxygen atoms in total. The number of nitrogens with one attached hydrogen (secondary N) is 1. The standard InChI is InChI=1S/C18H19N3O2/c1-12(16-10-19-21(2)11-16)20-18(22)15-5-4-14-9-17(23-3)7-6-13(14)8-15/h4-12H,1-3H3,(H,20,22). The molecule has 0 bridgehead atoms. The number of nitrogens with zero attached hydrogens (tertiary/aromatic N) is 2. The van der Waals surface area contributed by atoms with Crippen LogP contribution in [0.15, 0.2) is 48.8 Å². The fraction of sp³-hybridized carbons (Fsp3) is 0.222. The molecule has 0 spiro atoms. The minimum Gasteiger partial charge on any atom is -0.497 e. The van der Waals surface area contributed by atoms with E-state index in [2.05, 4.69) is 10.4 Å². The Morgan fingerprint density at radius 3 is 2.65 bits per heavy atom. The minimum absolute atomic E-state index is 0.0947. The molecule has 0 radical (unpaired) electrons. The predicted molar refractivity (Wildman–Crippen MR) is 89.6 cm³/mol. The number of fused-ring (bicyclic) bond motifs is 1. The summed E-state index contributed by atoms with van der Waals surface area (Å²) in [5.74, 6) is 0.707. The Bertz CT molecular complexity index is 854. The number of carbonyl (C=O) groups excluding carboxylic acids is 1. The van der Waals surface area contributed by atoms with Gasteiger partial charge in [0.05, 0.1) is 19.3 Å². The van der Waals surface area contributed by atoms with Gasteiger partial charge in [0.1, 0.15) is 5.75 Å². The van der Waals surface area contributed by atoms with Gasteiger partial charge in [-0.05, 0) is 42.0 Å². The van der Waals surface area contributed by atoms with E-state index in [1.54, 1.807) is 18.0 Å². The number of carbonyl (C=O) groups is 1. The summed E-state index contributed by atoms with van der Waals surface area (Å²) < 4.78 is 6.94. The van der Waals surface area contributed by atoms with E-state index in [0.717, 1.165) is 22.1 Å². The summed E-state index contributed by atoms with van der Waals surface area (Å²) in [7, 11) is 3.50. The van der Waals surface area contributed by atoms with Crippen LogP contribution in [0.5, 0.6) is 5.75 Å². The number of aromatic nitrogens is 2. The molecule has 2 aromatic carbocycles. The third-order valence-electron chi connectivity index (χ3n) is 3.88. The highest BCUT2D eigenvalue weighted by Gasteiger charge is 2.13. The molecule has 0 saturated heterocycles. The molecule has 1 unspecified atom stereocenters. The first-order valence-corrected chi connectivity index (χ1v) is 7.44. The van der Waals surface area contributed by atoms with Crippen LogP contribution in [0.3, 0.4) is 0 Å². The number of ether oxygens (including phenoxy) is 1. The Labute approximate surface area is 134 Å². The van der Waals surface area contributed by atoms with E-state index < -0.39 is 0 Å². The normalized spacial score (nSPS) is 12.1. The monoisotopic (exact) mass is 309 g/mol. The van der Waals surface area contributed by atoms with Crippen molar-refractivity contribution in [3.63, 3.8) is 0 Å². The van der Waals surface area contributed by atoms with E-state index >= 15 is 0 Å². The van der Waals surface area contributed by atoms with Crippen LogP contribution < -0.4 is 10.1 Å². The Balaban J connectivity index is 1.80. The fourth-order valence-corrected chi connectivity index (χ4v) is 2.52.